The first kappa shape index (κ1) is 21.1. The Morgan fingerprint density at radius 1 is 1.26 bits per heavy atom. The summed E-state index contributed by atoms with van der Waals surface area (Å²) in [5.41, 5.74) is 1.89. The molecule has 158 valence electrons. The lowest BCUT2D eigenvalue weighted by Gasteiger charge is -2.24. The number of fused-ring (bicyclic) bond motifs is 1. The van der Waals surface area contributed by atoms with Crippen LogP contribution in [-0.2, 0) is 9.53 Å². The highest BCUT2D eigenvalue weighted by Gasteiger charge is 2.33. The summed E-state index contributed by atoms with van der Waals surface area (Å²) in [6.45, 7) is 3.65. The third-order valence-electron chi connectivity index (χ3n) is 4.92. The number of nitrogens with zero attached hydrogens (tertiary/aromatic N) is 2. The maximum atomic E-state index is 13.4. The van der Waals surface area contributed by atoms with Gasteiger partial charge in [-0.1, -0.05) is 53.3 Å². The van der Waals surface area contributed by atoms with Crippen LogP contribution in [0.15, 0.2) is 69.6 Å². The van der Waals surface area contributed by atoms with Crippen LogP contribution in [0.4, 0.5) is 0 Å². The fourth-order valence-electron chi connectivity index (χ4n) is 3.50. The van der Waals surface area contributed by atoms with Gasteiger partial charge in [-0.25, -0.2) is 9.79 Å². The summed E-state index contributed by atoms with van der Waals surface area (Å²) in [4.78, 5) is 31.2. The monoisotopic (exact) mass is 454 g/mol. The number of benzene rings is 2. The fourth-order valence-corrected chi connectivity index (χ4v) is 4.72. The molecule has 0 fully saturated rings. The molecule has 1 unspecified atom stereocenters. The minimum Gasteiger partial charge on any atom is -0.508 e. The Bertz CT molecular complexity index is 1370. The molecule has 0 bridgehead atoms. The largest absolute Gasteiger partial charge is 0.508 e. The van der Waals surface area contributed by atoms with Gasteiger partial charge in [-0.15, -0.1) is 0 Å². The van der Waals surface area contributed by atoms with Gasteiger partial charge in [0.25, 0.3) is 5.56 Å². The Balaban J connectivity index is 1.97. The van der Waals surface area contributed by atoms with E-state index in [9.17, 15) is 14.7 Å². The van der Waals surface area contributed by atoms with Gasteiger partial charge in [0.05, 0.1) is 28.5 Å². The molecular weight excluding hydrogens is 436 g/mol. The second-order valence-corrected chi connectivity index (χ2v) is 8.33. The van der Waals surface area contributed by atoms with E-state index in [0.717, 1.165) is 5.56 Å². The van der Waals surface area contributed by atoms with Crippen LogP contribution in [-0.4, -0.2) is 22.2 Å². The number of halogens is 1. The summed E-state index contributed by atoms with van der Waals surface area (Å²) >= 11 is 7.50. The number of hydrogen-bond acceptors (Lipinski definition) is 6. The van der Waals surface area contributed by atoms with Crippen LogP contribution >= 0.6 is 22.9 Å². The number of aromatic hydroxyl groups is 1. The van der Waals surface area contributed by atoms with Crippen molar-refractivity contribution in [2.75, 3.05) is 6.61 Å². The smallest absolute Gasteiger partial charge is 0.338 e. The van der Waals surface area contributed by atoms with E-state index in [-0.39, 0.29) is 17.9 Å². The Labute approximate surface area is 187 Å². The predicted octanol–water partition coefficient (Wildman–Crippen LogP) is 3.16. The molecule has 31 heavy (non-hydrogen) atoms. The molecule has 4 rings (SSSR count). The van der Waals surface area contributed by atoms with Crippen LogP contribution in [0.3, 0.4) is 0 Å². The van der Waals surface area contributed by atoms with Gasteiger partial charge in [-0.2, -0.15) is 0 Å². The molecule has 0 saturated carbocycles. The third kappa shape index (κ3) is 3.94. The maximum absolute atomic E-state index is 13.4. The summed E-state index contributed by atoms with van der Waals surface area (Å²) in [6.07, 6.45) is 1.73. The molecule has 1 atom stereocenters. The number of phenolic OH excluding ortho intramolecular Hbond substituents is 1. The Kier molecular flexibility index (Phi) is 5.80. The van der Waals surface area contributed by atoms with Crippen molar-refractivity contribution in [1.82, 2.24) is 4.57 Å². The van der Waals surface area contributed by atoms with Crippen molar-refractivity contribution >= 4 is 35.0 Å². The second kappa shape index (κ2) is 8.53. The topological polar surface area (TPSA) is 80.9 Å². The highest BCUT2D eigenvalue weighted by molar-refractivity contribution is 7.07. The van der Waals surface area contributed by atoms with Crippen LogP contribution in [0.5, 0.6) is 5.75 Å². The Hall–Kier alpha value is -3.16. The van der Waals surface area contributed by atoms with Crippen molar-refractivity contribution in [2.45, 2.75) is 19.9 Å². The molecule has 0 aliphatic carbocycles. The molecule has 2 aromatic carbocycles. The molecule has 2 heterocycles. The zero-order valence-corrected chi connectivity index (χ0v) is 18.4. The summed E-state index contributed by atoms with van der Waals surface area (Å²) in [7, 11) is 0. The molecule has 0 saturated heterocycles. The molecule has 3 aromatic rings. The van der Waals surface area contributed by atoms with E-state index in [1.807, 2.05) is 18.2 Å². The fraction of sp³-hybridized carbons (Fsp3) is 0.174. The molecule has 1 N–H and O–H groups in total. The summed E-state index contributed by atoms with van der Waals surface area (Å²) in [6, 6.07) is 12.9. The molecule has 1 aliphatic rings. The summed E-state index contributed by atoms with van der Waals surface area (Å²) in [5, 5.41) is 10.2. The highest BCUT2D eigenvalue weighted by Crippen LogP contribution is 2.31. The van der Waals surface area contributed by atoms with Gasteiger partial charge in [-0.3, -0.25) is 9.36 Å². The number of thiazole rings is 1. The Morgan fingerprint density at radius 3 is 2.65 bits per heavy atom. The van der Waals surface area contributed by atoms with Gasteiger partial charge < -0.3 is 9.84 Å². The molecule has 1 aromatic heterocycles. The number of hydrogen-bond donors (Lipinski definition) is 1. The SMILES string of the molecule is CCOC(=O)C1=C(C)N=c2s/c(=C/c3ccccc3Cl)c(=O)n2C1c1ccc(O)cc1. The van der Waals surface area contributed by atoms with Gasteiger partial charge in [0.2, 0.25) is 0 Å². The van der Waals surface area contributed by atoms with E-state index in [2.05, 4.69) is 4.99 Å². The number of carbonyl (C=O) groups excluding carboxylic acids is 1. The first-order valence-corrected chi connectivity index (χ1v) is 10.8. The van der Waals surface area contributed by atoms with E-state index in [0.29, 0.717) is 31.2 Å². The number of carbonyl (C=O) groups is 1. The molecule has 1 aliphatic heterocycles. The number of esters is 1. The number of allylic oxidation sites excluding steroid dienone is 1. The average Bonchev–Trinajstić information content (AvgIpc) is 3.04. The number of phenols is 1. The van der Waals surface area contributed by atoms with E-state index >= 15 is 0 Å². The molecule has 0 amide bonds. The molecule has 0 radical (unpaired) electrons. The quantitative estimate of drug-likeness (QED) is 0.614. The first-order valence-electron chi connectivity index (χ1n) is 9.64. The Morgan fingerprint density at radius 2 is 1.97 bits per heavy atom. The molecule has 0 spiro atoms. The van der Waals surface area contributed by atoms with Gasteiger partial charge >= 0.3 is 5.97 Å². The van der Waals surface area contributed by atoms with Gasteiger partial charge in [0.15, 0.2) is 4.80 Å². The third-order valence-corrected chi connectivity index (χ3v) is 6.24. The number of ether oxygens (including phenoxy) is 1. The highest BCUT2D eigenvalue weighted by atomic mass is 35.5. The van der Waals surface area contributed by atoms with Crippen molar-refractivity contribution in [3.8, 4) is 5.75 Å². The lowest BCUT2D eigenvalue weighted by atomic mass is 9.96. The normalized spacial score (nSPS) is 16.1. The van der Waals surface area contributed by atoms with E-state index in [1.165, 1.54) is 28.0 Å². The number of aromatic nitrogens is 1. The standard InChI is InChI=1S/C23H19ClN2O4S/c1-3-30-22(29)19-13(2)25-23-26(20(19)14-8-10-16(27)11-9-14)21(28)18(31-23)12-15-6-4-5-7-17(15)24/h4-12,20,27H,3H2,1-2H3/b18-12+. The van der Waals surface area contributed by atoms with Crippen molar-refractivity contribution in [3.63, 3.8) is 0 Å². The van der Waals surface area contributed by atoms with Gasteiger partial charge in [-0.05, 0) is 49.2 Å². The van der Waals surface area contributed by atoms with Crippen LogP contribution < -0.4 is 14.9 Å². The molecule has 6 nitrogen and oxygen atoms in total. The van der Waals surface area contributed by atoms with Crippen molar-refractivity contribution < 1.29 is 14.6 Å². The molecule has 8 heteroatoms. The second-order valence-electron chi connectivity index (χ2n) is 6.92. The minimum atomic E-state index is -0.718. The zero-order valence-electron chi connectivity index (χ0n) is 16.8. The molecular formula is C23H19ClN2O4S. The summed E-state index contributed by atoms with van der Waals surface area (Å²) < 4.78 is 7.21. The predicted molar refractivity (Wildman–Crippen MR) is 120 cm³/mol. The van der Waals surface area contributed by atoms with Crippen LogP contribution in [0.1, 0.15) is 31.0 Å². The van der Waals surface area contributed by atoms with Crippen LogP contribution in [0.2, 0.25) is 5.02 Å². The first-order chi connectivity index (χ1) is 14.9. The lowest BCUT2D eigenvalue weighted by molar-refractivity contribution is -0.139. The van der Waals surface area contributed by atoms with E-state index < -0.39 is 12.0 Å². The maximum Gasteiger partial charge on any atom is 0.338 e. The van der Waals surface area contributed by atoms with E-state index in [4.69, 9.17) is 16.3 Å². The van der Waals surface area contributed by atoms with Gasteiger partial charge in [0, 0.05) is 5.02 Å². The van der Waals surface area contributed by atoms with Gasteiger partial charge in [0.1, 0.15) is 5.75 Å². The van der Waals surface area contributed by atoms with Crippen LogP contribution in [0.25, 0.3) is 6.08 Å². The van der Waals surface area contributed by atoms with Crippen molar-refractivity contribution in [3.05, 3.63) is 95.6 Å². The van der Waals surface area contributed by atoms with Crippen molar-refractivity contribution in [2.24, 2.45) is 4.99 Å². The number of rotatable bonds is 4. The minimum absolute atomic E-state index is 0.0910. The van der Waals surface area contributed by atoms with E-state index in [1.54, 1.807) is 38.1 Å². The lowest BCUT2D eigenvalue weighted by Crippen LogP contribution is -2.39. The van der Waals surface area contributed by atoms with Crippen molar-refractivity contribution in [1.29, 1.82) is 0 Å². The van der Waals surface area contributed by atoms with Crippen LogP contribution in [0, 0.1) is 0 Å². The summed E-state index contributed by atoms with van der Waals surface area (Å²) in [5.74, 6) is -0.435. The average molecular weight is 455 g/mol. The zero-order chi connectivity index (χ0) is 22.1.